The van der Waals surface area contributed by atoms with Crippen LogP contribution in [0.3, 0.4) is 0 Å². The standard InChI is InChI=1S/C12H10N8O2/c13-11-17-8-5-7(1-2-9(8)20(22)19-11)16-12(21)18-10-6-14-3-4-15-10/h1-6H,(H2,13,17,19)(H2,15,16,18,21). The number of nitrogens with two attached hydrogens (primary N) is 1. The van der Waals surface area contributed by atoms with Crippen LogP contribution in [-0.4, -0.2) is 26.1 Å². The topological polar surface area (TPSA) is 146 Å². The zero-order valence-electron chi connectivity index (χ0n) is 11.1. The molecule has 3 aromatic rings. The van der Waals surface area contributed by atoms with Gasteiger partial charge in [-0.2, -0.15) is 0 Å². The number of nitrogens with zero attached hydrogens (tertiary/aromatic N) is 5. The predicted octanol–water partition coefficient (Wildman–Crippen LogP) is 0.279. The Balaban J connectivity index is 1.80. The summed E-state index contributed by atoms with van der Waals surface area (Å²) in [5.74, 6) is 0.161. The van der Waals surface area contributed by atoms with E-state index in [1.165, 1.54) is 30.7 Å². The molecule has 2 aromatic heterocycles. The third kappa shape index (κ3) is 2.80. The monoisotopic (exact) mass is 298 g/mol. The van der Waals surface area contributed by atoms with Gasteiger partial charge in [-0.05, 0) is 17.0 Å². The van der Waals surface area contributed by atoms with Crippen LogP contribution in [0.2, 0.25) is 0 Å². The third-order valence-electron chi connectivity index (χ3n) is 2.67. The summed E-state index contributed by atoms with van der Waals surface area (Å²) in [6.07, 6.45) is 4.36. The molecule has 0 saturated heterocycles. The van der Waals surface area contributed by atoms with Crippen LogP contribution in [0.4, 0.5) is 22.2 Å². The summed E-state index contributed by atoms with van der Waals surface area (Å²) in [4.78, 5) is 23.9. The molecule has 110 valence electrons. The normalized spacial score (nSPS) is 10.4. The number of amides is 2. The van der Waals surface area contributed by atoms with Crippen molar-refractivity contribution in [2.24, 2.45) is 0 Å². The molecule has 3 rings (SSSR count). The Kier molecular flexibility index (Phi) is 3.32. The summed E-state index contributed by atoms with van der Waals surface area (Å²) in [5.41, 5.74) is 6.42. The number of nitrogens with one attached hydrogen (secondary N) is 2. The minimum Gasteiger partial charge on any atom is -0.594 e. The fourth-order valence-corrected chi connectivity index (χ4v) is 1.79. The third-order valence-corrected chi connectivity index (χ3v) is 2.67. The lowest BCUT2D eigenvalue weighted by Crippen LogP contribution is -2.33. The van der Waals surface area contributed by atoms with Crippen LogP contribution in [0.25, 0.3) is 11.0 Å². The van der Waals surface area contributed by atoms with Crippen LogP contribution in [0, 0.1) is 5.21 Å². The van der Waals surface area contributed by atoms with E-state index < -0.39 is 6.03 Å². The first-order valence-electron chi connectivity index (χ1n) is 6.13. The maximum atomic E-state index is 11.8. The first kappa shape index (κ1) is 13.4. The lowest BCUT2D eigenvalue weighted by Gasteiger charge is -2.07. The number of hydrogen-bond acceptors (Lipinski definition) is 7. The molecule has 0 spiro atoms. The molecule has 0 bridgehead atoms. The van der Waals surface area contributed by atoms with E-state index in [0.29, 0.717) is 21.9 Å². The van der Waals surface area contributed by atoms with Crippen molar-refractivity contribution in [2.75, 3.05) is 16.4 Å². The smallest absolute Gasteiger partial charge is 0.324 e. The van der Waals surface area contributed by atoms with Crippen molar-refractivity contribution in [1.29, 1.82) is 0 Å². The van der Waals surface area contributed by atoms with Crippen molar-refractivity contribution < 1.29 is 9.64 Å². The van der Waals surface area contributed by atoms with Gasteiger partial charge in [0, 0.05) is 24.1 Å². The van der Waals surface area contributed by atoms with E-state index in [4.69, 9.17) is 5.73 Å². The molecule has 0 aliphatic heterocycles. The Morgan fingerprint density at radius 1 is 1.27 bits per heavy atom. The number of carbonyl (C=O) groups is 1. The SMILES string of the molecule is Nc1nc2cc(NC(=O)Nc3cnccn3)ccc2[n+]([O-])n1. The molecule has 0 aliphatic rings. The molecule has 0 atom stereocenters. The number of aromatic nitrogens is 5. The number of anilines is 3. The number of nitrogen functional groups attached to an aromatic ring is 1. The van der Waals surface area contributed by atoms with E-state index in [-0.39, 0.29) is 11.5 Å². The fourth-order valence-electron chi connectivity index (χ4n) is 1.79. The summed E-state index contributed by atoms with van der Waals surface area (Å²) in [6.45, 7) is 0. The zero-order chi connectivity index (χ0) is 15.5. The summed E-state index contributed by atoms with van der Waals surface area (Å²) >= 11 is 0. The quantitative estimate of drug-likeness (QED) is 0.455. The van der Waals surface area contributed by atoms with Gasteiger partial charge in [-0.15, -0.1) is 0 Å². The number of benzene rings is 1. The minimum absolute atomic E-state index is 0.149. The average Bonchev–Trinajstić information content (AvgIpc) is 2.47. The summed E-state index contributed by atoms with van der Waals surface area (Å²) < 4.78 is 0. The van der Waals surface area contributed by atoms with Gasteiger partial charge in [0.1, 0.15) is 5.52 Å². The molecule has 2 heterocycles. The molecular formula is C12H10N8O2. The van der Waals surface area contributed by atoms with Crippen LogP contribution in [0.5, 0.6) is 0 Å². The van der Waals surface area contributed by atoms with E-state index in [0.717, 1.165) is 0 Å². The van der Waals surface area contributed by atoms with E-state index in [1.54, 1.807) is 6.07 Å². The van der Waals surface area contributed by atoms with Gasteiger partial charge in [0.15, 0.2) is 5.82 Å². The van der Waals surface area contributed by atoms with Crippen LogP contribution in [0.1, 0.15) is 0 Å². The van der Waals surface area contributed by atoms with Crippen molar-refractivity contribution in [1.82, 2.24) is 20.1 Å². The number of fused-ring (bicyclic) bond motifs is 1. The Morgan fingerprint density at radius 3 is 2.91 bits per heavy atom. The number of carbonyl (C=O) groups excluding carboxylic acids is 1. The highest BCUT2D eigenvalue weighted by molar-refractivity contribution is 5.99. The average molecular weight is 298 g/mol. The molecule has 0 saturated carbocycles. The number of hydrogen-bond donors (Lipinski definition) is 3. The van der Waals surface area contributed by atoms with Crippen molar-refractivity contribution in [3.63, 3.8) is 0 Å². The number of rotatable bonds is 2. The van der Waals surface area contributed by atoms with Gasteiger partial charge >= 0.3 is 6.03 Å². The highest BCUT2D eigenvalue weighted by Crippen LogP contribution is 2.15. The van der Waals surface area contributed by atoms with Gasteiger partial charge in [-0.25, -0.2) is 14.8 Å². The molecule has 1 aromatic carbocycles. The van der Waals surface area contributed by atoms with Gasteiger partial charge in [0.05, 0.1) is 11.3 Å². The highest BCUT2D eigenvalue weighted by Gasteiger charge is 2.11. The molecule has 0 radical (unpaired) electrons. The Morgan fingerprint density at radius 2 is 2.14 bits per heavy atom. The van der Waals surface area contributed by atoms with Crippen molar-refractivity contribution in [3.8, 4) is 0 Å². The maximum Gasteiger partial charge on any atom is 0.324 e. The Labute approximate surface area is 123 Å². The largest absolute Gasteiger partial charge is 0.594 e. The van der Waals surface area contributed by atoms with E-state index in [9.17, 15) is 10.0 Å². The second-order valence-electron chi connectivity index (χ2n) is 4.22. The highest BCUT2D eigenvalue weighted by atomic mass is 16.5. The van der Waals surface area contributed by atoms with E-state index in [1.807, 2.05) is 0 Å². The van der Waals surface area contributed by atoms with Crippen LogP contribution < -0.4 is 21.2 Å². The first-order chi connectivity index (χ1) is 10.6. The van der Waals surface area contributed by atoms with Crippen LogP contribution >= 0.6 is 0 Å². The van der Waals surface area contributed by atoms with Gasteiger partial charge in [-0.3, -0.25) is 10.3 Å². The Hall–Kier alpha value is -3.56. The van der Waals surface area contributed by atoms with Gasteiger partial charge < -0.3 is 16.3 Å². The van der Waals surface area contributed by atoms with Crippen molar-refractivity contribution >= 4 is 34.5 Å². The van der Waals surface area contributed by atoms with Gasteiger partial charge in [0.25, 0.3) is 11.5 Å². The van der Waals surface area contributed by atoms with E-state index >= 15 is 0 Å². The van der Waals surface area contributed by atoms with Gasteiger partial charge in [-0.1, -0.05) is 0 Å². The lowest BCUT2D eigenvalue weighted by atomic mass is 10.2. The molecule has 10 heteroatoms. The second kappa shape index (κ2) is 5.44. The maximum absolute atomic E-state index is 11.8. The molecule has 2 amide bonds. The minimum atomic E-state index is -0.503. The molecule has 0 aliphatic carbocycles. The lowest BCUT2D eigenvalue weighted by molar-refractivity contribution is -0.641. The van der Waals surface area contributed by atoms with Crippen LogP contribution in [0.15, 0.2) is 36.8 Å². The molecular weight excluding hydrogens is 288 g/mol. The molecule has 22 heavy (non-hydrogen) atoms. The first-order valence-corrected chi connectivity index (χ1v) is 6.13. The molecule has 10 nitrogen and oxygen atoms in total. The molecule has 4 N–H and O–H groups in total. The van der Waals surface area contributed by atoms with Gasteiger partial charge in [0.2, 0.25) is 0 Å². The van der Waals surface area contributed by atoms with Crippen LogP contribution in [-0.2, 0) is 0 Å². The fraction of sp³-hybridized carbons (Fsp3) is 0. The van der Waals surface area contributed by atoms with E-state index in [2.05, 4.69) is 30.7 Å². The summed E-state index contributed by atoms with van der Waals surface area (Å²) in [5, 5.41) is 20.1. The molecule has 0 fully saturated rings. The van der Waals surface area contributed by atoms with Crippen molar-refractivity contribution in [3.05, 3.63) is 42.0 Å². The van der Waals surface area contributed by atoms with Crippen molar-refractivity contribution in [2.45, 2.75) is 0 Å². The summed E-state index contributed by atoms with van der Waals surface area (Å²) in [6, 6.07) is 4.04. The predicted molar refractivity (Wildman–Crippen MR) is 77.6 cm³/mol. The number of urea groups is 1. The molecule has 0 unspecified atom stereocenters. The second-order valence-corrected chi connectivity index (χ2v) is 4.22. The zero-order valence-corrected chi connectivity index (χ0v) is 11.1. The Bertz CT molecular complexity index is 839. The summed E-state index contributed by atoms with van der Waals surface area (Å²) in [7, 11) is 0.